The maximum Gasteiger partial charge on any atom is 0.268 e. The van der Waals surface area contributed by atoms with E-state index in [9.17, 15) is 4.79 Å². The van der Waals surface area contributed by atoms with Gasteiger partial charge in [0.05, 0.1) is 18.4 Å². The molecule has 0 atom stereocenters. The van der Waals surface area contributed by atoms with Crippen LogP contribution in [-0.4, -0.2) is 13.0 Å². The fourth-order valence-electron chi connectivity index (χ4n) is 1.85. The molecule has 19 heavy (non-hydrogen) atoms. The third-order valence-electron chi connectivity index (χ3n) is 2.98. The van der Waals surface area contributed by atoms with Crippen LogP contribution in [0.3, 0.4) is 0 Å². The highest BCUT2D eigenvalue weighted by molar-refractivity contribution is 5.94. The molecule has 0 saturated heterocycles. The molecule has 1 aromatic heterocycles. The minimum Gasteiger partial charge on any atom is -0.467 e. The summed E-state index contributed by atoms with van der Waals surface area (Å²) in [5.74, 6) is 5.38. The van der Waals surface area contributed by atoms with Crippen LogP contribution in [0.1, 0.15) is 21.7 Å². The molecular weight excluding hydrogens is 242 g/mol. The number of nitrogens with one attached hydrogen (secondary N) is 1. The predicted molar refractivity (Wildman–Crippen MR) is 73.6 cm³/mol. The van der Waals surface area contributed by atoms with Crippen molar-refractivity contribution in [2.45, 2.75) is 13.5 Å². The topological polar surface area (TPSA) is 71.5 Å². The van der Waals surface area contributed by atoms with Gasteiger partial charge >= 0.3 is 0 Å². The lowest BCUT2D eigenvalue weighted by atomic mass is 10.2. The van der Waals surface area contributed by atoms with E-state index < -0.39 is 0 Å². The molecule has 0 saturated carbocycles. The Morgan fingerprint density at radius 3 is 2.63 bits per heavy atom. The minimum absolute atomic E-state index is 0.346. The maximum absolute atomic E-state index is 11.5. The Hall–Kier alpha value is -2.27. The summed E-state index contributed by atoms with van der Waals surface area (Å²) in [5, 5.41) is 0. The van der Waals surface area contributed by atoms with Crippen molar-refractivity contribution in [2.24, 2.45) is 5.84 Å². The van der Waals surface area contributed by atoms with Gasteiger partial charge in [0.25, 0.3) is 5.91 Å². The maximum atomic E-state index is 11.5. The highest BCUT2D eigenvalue weighted by atomic mass is 16.3. The van der Waals surface area contributed by atoms with E-state index in [4.69, 9.17) is 10.3 Å². The molecule has 0 aliphatic rings. The van der Waals surface area contributed by atoms with E-state index in [1.165, 1.54) is 11.8 Å². The summed E-state index contributed by atoms with van der Waals surface area (Å²) in [7, 11) is 1.94. The zero-order valence-corrected chi connectivity index (χ0v) is 11.0. The molecule has 0 fully saturated rings. The standard InChI is InChI=1S/C14H17N3O2/c1-10-3-5-11(6-4-10)17(2)9-13-12(7-8-19-13)14(18)16-15/h3-8H,9,15H2,1-2H3,(H,16,18). The van der Waals surface area contributed by atoms with Gasteiger partial charge in [-0.3, -0.25) is 10.2 Å². The molecule has 0 unspecified atom stereocenters. The molecule has 2 aromatic rings. The van der Waals surface area contributed by atoms with Gasteiger partial charge in [0.2, 0.25) is 0 Å². The predicted octanol–water partition coefficient (Wildman–Crippen LogP) is 1.83. The Morgan fingerprint density at radius 2 is 2.00 bits per heavy atom. The molecule has 1 amide bonds. The van der Waals surface area contributed by atoms with E-state index in [2.05, 4.69) is 5.43 Å². The van der Waals surface area contributed by atoms with E-state index in [1.54, 1.807) is 6.07 Å². The molecule has 0 spiro atoms. The number of nitrogens with zero attached hydrogens (tertiary/aromatic N) is 1. The molecule has 3 N–H and O–H groups in total. The number of benzene rings is 1. The first-order valence-corrected chi connectivity index (χ1v) is 5.97. The van der Waals surface area contributed by atoms with Gasteiger partial charge in [-0.15, -0.1) is 0 Å². The normalized spacial score (nSPS) is 10.3. The smallest absolute Gasteiger partial charge is 0.268 e. The average molecular weight is 259 g/mol. The second-order valence-corrected chi connectivity index (χ2v) is 4.42. The lowest BCUT2D eigenvalue weighted by Gasteiger charge is -2.18. The fraction of sp³-hybridized carbons (Fsp3) is 0.214. The lowest BCUT2D eigenvalue weighted by Crippen LogP contribution is -2.31. The number of nitrogen functional groups attached to an aromatic ring is 1. The van der Waals surface area contributed by atoms with E-state index in [0.717, 1.165) is 5.69 Å². The van der Waals surface area contributed by atoms with Crippen LogP contribution in [0.4, 0.5) is 5.69 Å². The van der Waals surface area contributed by atoms with Crippen molar-refractivity contribution < 1.29 is 9.21 Å². The average Bonchev–Trinajstić information content (AvgIpc) is 2.86. The summed E-state index contributed by atoms with van der Waals surface area (Å²) in [6.07, 6.45) is 1.49. The van der Waals surface area contributed by atoms with Crippen LogP contribution in [-0.2, 0) is 6.54 Å². The largest absolute Gasteiger partial charge is 0.467 e. The number of anilines is 1. The number of rotatable bonds is 4. The summed E-state index contributed by atoms with van der Waals surface area (Å²) >= 11 is 0. The van der Waals surface area contributed by atoms with Gasteiger partial charge < -0.3 is 9.32 Å². The molecule has 0 radical (unpaired) electrons. The summed E-state index contributed by atoms with van der Waals surface area (Å²) in [4.78, 5) is 13.5. The Morgan fingerprint density at radius 1 is 1.32 bits per heavy atom. The number of carbonyl (C=O) groups excluding carboxylic acids is 1. The van der Waals surface area contributed by atoms with Crippen molar-refractivity contribution in [1.29, 1.82) is 0 Å². The van der Waals surface area contributed by atoms with Gasteiger partial charge in [-0.1, -0.05) is 17.7 Å². The molecule has 5 nitrogen and oxygen atoms in total. The molecule has 2 rings (SSSR count). The van der Waals surface area contributed by atoms with Gasteiger partial charge in [-0.25, -0.2) is 5.84 Å². The summed E-state index contributed by atoms with van der Waals surface area (Å²) in [6, 6.07) is 9.76. The number of furan rings is 1. The van der Waals surface area contributed by atoms with Crippen molar-refractivity contribution in [3.8, 4) is 0 Å². The molecular formula is C14H17N3O2. The van der Waals surface area contributed by atoms with Gasteiger partial charge in [0, 0.05) is 12.7 Å². The fourth-order valence-corrected chi connectivity index (χ4v) is 1.85. The summed E-state index contributed by atoms with van der Waals surface area (Å²) in [6.45, 7) is 2.54. The number of hydrazine groups is 1. The first-order chi connectivity index (χ1) is 9.11. The molecule has 1 aromatic carbocycles. The zero-order chi connectivity index (χ0) is 13.8. The van der Waals surface area contributed by atoms with Crippen molar-refractivity contribution in [3.05, 3.63) is 53.5 Å². The number of aryl methyl sites for hydroxylation is 1. The third-order valence-corrected chi connectivity index (χ3v) is 2.98. The summed E-state index contributed by atoms with van der Waals surface area (Å²) in [5.41, 5.74) is 4.83. The van der Waals surface area contributed by atoms with Gasteiger partial charge in [0.15, 0.2) is 0 Å². The molecule has 0 bridgehead atoms. The highest BCUT2D eigenvalue weighted by Crippen LogP contribution is 2.18. The van der Waals surface area contributed by atoms with Gasteiger partial charge in [-0.05, 0) is 25.1 Å². The van der Waals surface area contributed by atoms with Crippen LogP contribution in [0.5, 0.6) is 0 Å². The molecule has 1 heterocycles. The molecule has 0 aliphatic carbocycles. The highest BCUT2D eigenvalue weighted by Gasteiger charge is 2.15. The minimum atomic E-state index is -0.346. The van der Waals surface area contributed by atoms with Crippen molar-refractivity contribution in [2.75, 3.05) is 11.9 Å². The number of carbonyl (C=O) groups is 1. The van der Waals surface area contributed by atoms with Crippen LogP contribution in [0, 0.1) is 6.92 Å². The number of amides is 1. The molecule has 0 aliphatic heterocycles. The number of hydrogen-bond donors (Lipinski definition) is 2. The van der Waals surface area contributed by atoms with Crippen molar-refractivity contribution in [1.82, 2.24) is 5.43 Å². The van der Waals surface area contributed by atoms with Crippen LogP contribution in [0.2, 0.25) is 0 Å². The van der Waals surface area contributed by atoms with Crippen molar-refractivity contribution in [3.63, 3.8) is 0 Å². The first kappa shape index (κ1) is 13.2. The Balaban J connectivity index is 2.15. The van der Waals surface area contributed by atoms with E-state index in [1.807, 2.05) is 43.1 Å². The second-order valence-electron chi connectivity index (χ2n) is 4.42. The Bertz CT molecular complexity index is 560. The van der Waals surface area contributed by atoms with Gasteiger partial charge in [0.1, 0.15) is 5.76 Å². The van der Waals surface area contributed by atoms with Crippen molar-refractivity contribution >= 4 is 11.6 Å². The number of nitrogens with two attached hydrogens (primary N) is 1. The van der Waals surface area contributed by atoms with Crippen LogP contribution in [0.25, 0.3) is 0 Å². The quantitative estimate of drug-likeness (QED) is 0.499. The third kappa shape index (κ3) is 2.95. The SMILES string of the molecule is Cc1ccc(N(C)Cc2occc2C(=O)NN)cc1. The molecule has 100 valence electrons. The second kappa shape index (κ2) is 5.58. The Kier molecular flexibility index (Phi) is 3.87. The van der Waals surface area contributed by atoms with E-state index >= 15 is 0 Å². The van der Waals surface area contributed by atoms with E-state index in [-0.39, 0.29) is 5.91 Å². The van der Waals surface area contributed by atoms with Crippen LogP contribution in [0.15, 0.2) is 41.0 Å². The van der Waals surface area contributed by atoms with Crippen LogP contribution < -0.4 is 16.2 Å². The Labute approximate surface area is 112 Å². The van der Waals surface area contributed by atoms with Gasteiger partial charge in [-0.2, -0.15) is 0 Å². The lowest BCUT2D eigenvalue weighted by molar-refractivity contribution is 0.0951. The first-order valence-electron chi connectivity index (χ1n) is 5.97. The molecule has 5 heteroatoms. The van der Waals surface area contributed by atoms with E-state index in [0.29, 0.717) is 17.9 Å². The number of hydrogen-bond acceptors (Lipinski definition) is 4. The summed E-state index contributed by atoms with van der Waals surface area (Å²) < 4.78 is 5.35. The zero-order valence-electron chi connectivity index (χ0n) is 11.0. The van der Waals surface area contributed by atoms with Crippen LogP contribution >= 0.6 is 0 Å². The monoisotopic (exact) mass is 259 g/mol.